The molecule has 2 unspecified atom stereocenters. The Morgan fingerprint density at radius 3 is 2.50 bits per heavy atom. The number of nitrogens with one attached hydrogen (secondary N) is 1. The lowest BCUT2D eigenvalue weighted by Crippen LogP contribution is -2.42. The van der Waals surface area contributed by atoms with Crippen LogP contribution in [-0.4, -0.2) is 19.8 Å². The lowest BCUT2D eigenvalue weighted by atomic mass is 9.96. The fourth-order valence-electron chi connectivity index (χ4n) is 1.99. The number of halogens is 3. The van der Waals surface area contributed by atoms with E-state index in [1.165, 1.54) is 6.07 Å². The van der Waals surface area contributed by atoms with Gasteiger partial charge in [-0.25, -0.2) is 13.1 Å². The second kappa shape index (κ2) is 5.85. The van der Waals surface area contributed by atoms with Crippen molar-refractivity contribution >= 4 is 56.2 Å². The first-order valence-electron chi connectivity index (χ1n) is 5.51. The van der Waals surface area contributed by atoms with Crippen molar-refractivity contribution < 1.29 is 8.42 Å². The molecule has 1 heterocycles. The molecule has 18 heavy (non-hydrogen) atoms. The van der Waals surface area contributed by atoms with Crippen LogP contribution in [0.25, 0.3) is 0 Å². The van der Waals surface area contributed by atoms with Gasteiger partial charge >= 0.3 is 0 Å². The Balaban J connectivity index is 2.19. The molecule has 1 aromatic rings. The molecule has 1 N–H and O–H groups in total. The van der Waals surface area contributed by atoms with Gasteiger partial charge in [-0.1, -0.05) is 36.0 Å². The third-order valence-electron chi connectivity index (χ3n) is 2.90. The summed E-state index contributed by atoms with van der Waals surface area (Å²) in [5.74, 6) is 0. The number of thiophene rings is 1. The first-order chi connectivity index (χ1) is 8.40. The molecule has 0 saturated heterocycles. The summed E-state index contributed by atoms with van der Waals surface area (Å²) >= 11 is 18.8. The molecule has 0 aliphatic heterocycles. The summed E-state index contributed by atoms with van der Waals surface area (Å²) in [5, 5.41) is -0.165. The van der Waals surface area contributed by atoms with Crippen molar-refractivity contribution in [3.63, 3.8) is 0 Å². The van der Waals surface area contributed by atoms with Gasteiger partial charge in [0.15, 0.2) is 0 Å². The molecule has 0 spiro atoms. The van der Waals surface area contributed by atoms with E-state index in [1.807, 2.05) is 0 Å². The van der Waals surface area contributed by atoms with Gasteiger partial charge in [0.05, 0.1) is 4.34 Å². The van der Waals surface area contributed by atoms with E-state index in [1.54, 1.807) is 0 Å². The lowest BCUT2D eigenvalue weighted by Gasteiger charge is -2.27. The third kappa shape index (κ3) is 3.32. The summed E-state index contributed by atoms with van der Waals surface area (Å²) in [5.41, 5.74) is 0. The minimum atomic E-state index is -3.64. The molecule has 1 saturated carbocycles. The Labute approximate surface area is 125 Å². The molecule has 3 nitrogen and oxygen atoms in total. The van der Waals surface area contributed by atoms with E-state index in [2.05, 4.69) is 4.72 Å². The molecule has 0 amide bonds. The zero-order valence-electron chi connectivity index (χ0n) is 9.33. The Kier molecular flexibility index (Phi) is 4.84. The van der Waals surface area contributed by atoms with Crippen LogP contribution < -0.4 is 4.72 Å². The van der Waals surface area contributed by atoms with Crippen LogP contribution in [0.2, 0.25) is 8.67 Å². The molecule has 0 bridgehead atoms. The van der Waals surface area contributed by atoms with E-state index in [-0.39, 0.29) is 20.7 Å². The number of hydrogen-bond acceptors (Lipinski definition) is 3. The number of rotatable bonds is 3. The van der Waals surface area contributed by atoms with Crippen LogP contribution in [0.15, 0.2) is 11.0 Å². The first kappa shape index (κ1) is 14.9. The van der Waals surface area contributed by atoms with Crippen molar-refractivity contribution in [1.82, 2.24) is 4.72 Å². The Morgan fingerprint density at radius 2 is 1.94 bits per heavy atom. The molecule has 1 aromatic heterocycles. The second-order valence-electron chi connectivity index (χ2n) is 4.22. The highest BCUT2D eigenvalue weighted by molar-refractivity contribution is 7.89. The van der Waals surface area contributed by atoms with Crippen molar-refractivity contribution in [3.05, 3.63) is 14.7 Å². The van der Waals surface area contributed by atoms with E-state index < -0.39 is 10.0 Å². The molecule has 0 radical (unpaired) electrons. The molecular weight excluding hydrogens is 337 g/mol. The van der Waals surface area contributed by atoms with E-state index in [0.717, 1.165) is 37.0 Å². The largest absolute Gasteiger partial charge is 0.243 e. The van der Waals surface area contributed by atoms with Crippen molar-refractivity contribution in [2.24, 2.45) is 0 Å². The number of sulfonamides is 1. The lowest BCUT2D eigenvalue weighted by molar-refractivity contribution is 0.418. The van der Waals surface area contributed by atoms with Gasteiger partial charge in [0.1, 0.15) is 9.23 Å². The SMILES string of the molecule is O=S(=O)(NC1CCCCC1Cl)c1cc(Cl)sc1Cl. The average Bonchev–Trinajstić information content (AvgIpc) is 2.62. The minimum Gasteiger partial charge on any atom is -0.207 e. The third-order valence-corrected chi connectivity index (χ3v) is 6.67. The van der Waals surface area contributed by atoms with E-state index >= 15 is 0 Å². The summed E-state index contributed by atoms with van der Waals surface area (Å²) in [6.45, 7) is 0. The topological polar surface area (TPSA) is 46.2 Å². The van der Waals surface area contributed by atoms with Crippen LogP contribution in [0.4, 0.5) is 0 Å². The van der Waals surface area contributed by atoms with Crippen LogP contribution in [0.1, 0.15) is 25.7 Å². The first-order valence-corrected chi connectivity index (χ1v) is 9.00. The normalized spacial score (nSPS) is 25.3. The van der Waals surface area contributed by atoms with Gasteiger partial charge in [-0.15, -0.1) is 22.9 Å². The van der Waals surface area contributed by atoms with Crippen LogP contribution in [0, 0.1) is 0 Å². The maximum atomic E-state index is 12.2. The van der Waals surface area contributed by atoms with Gasteiger partial charge in [0.2, 0.25) is 10.0 Å². The molecule has 102 valence electrons. The van der Waals surface area contributed by atoms with Crippen LogP contribution in [-0.2, 0) is 10.0 Å². The Hall–Kier alpha value is 0.480. The van der Waals surface area contributed by atoms with Gasteiger partial charge in [0, 0.05) is 11.4 Å². The smallest absolute Gasteiger partial charge is 0.207 e. The van der Waals surface area contributed by atoms with Gasteiger partial charge in [-0.2, -0.15) is 0 Å². The fraction of sp³-hybridized carbons (Fsp3) is 0.600. The maximum absolute atomic E-state index is 12.2. The summed E-state index contributed by atoms with van der Waals surface area (Å²) in [6, 6.07) is 1.13. The van der Waals surface area contributed by atoms with Gasteiger partial charge < -0.3 is 0 Å². The predicted octanol–water partition coefficient (Wildman–Crippen LogP) is 3.88. The quantitative estimate of drug-likeness (QED) is 0.842. The fourth-order valence-corrected chi connectivity index (χ4v) is 5.87. The highest BCUT2D eigenvalue weighted by Gasteiger charge is 2.30. The van der Waals surface area contributed by atoms with E-state index in [0.29, 0.717) is 4.34 Å². The van der Waals surface area contributed by atoms with Gasteiger partial charge in [-0.3, -0.25) is 0 Å². The highest BCUT2D eigenvalue weighted by Crippen LogP contribution is 2.35. The zero-order valence-corrected chi connectivity index (χ0v) is 13.2. The van der Waals surface area contributed by atoms with E-state index in [9.17, 15) is 8.42 Å². The molecule has 1 aliphatic carbocycles. The van der Waals surface area contributed by atoms with Crippen molar-refractivity contribution in [2.75, 3.05) is 0 Å². The van der Waals surface area contributed by atoms with Crippen molar-refractivity contribution in [2.45, 2.75) is 42.0 Å². The molecule has 8 heteroatoms. The number of hydrogen-bond donors (Lipinski definition) is 1. The van der Waals surface area contributed by atoms with Crippen LogP contribution in [0.5, 0.6) is 0 Å². The average molecular weight is 349 g/mol. The minimum absolute atomic E-state index is 0.0357. The van der Waals surface area contributed by atoms with Crippen LogP contribution in [0.3, 0.4) is 0 Å². The monoisotopic (exact) mass is 347 g/mol. The Morgan fingerprint density at radius 1 is 1.28 bits per heavy atom. The Bertz CT molecular complexity index is 529. The summed E-state index contributed by atoms with van der Waals surface area (Å²) in [6.07, 6.45) is 3.60. The van der Waals surface area contributed by atoms with Crippen molar-refractivity contribution in [1.29, 1.82) is 0 Å². The molecule has 1 aliphatic rings. The molecule has 2 atom stereocenters. The predicted molar refractivity (Wildman–Crippen MR) is 76.6 cm³/mol. The molecular formula is C10H12Cl3NO2S2. The van der Waals surface area contributed by atoms with Crippen molar-refractivity contribution in [3.8, 4) is 0 Å². The van der Waals surface area contributed by atoms with Gasteiger partial charge in [-0.05, 0) is 18.9 Å². The maximum Gasteiger partial charge on any atom is 0.243 e. The van der Waals surface area contributed by atoms with E-state index in [4.69, 9.17) is 34.8 Å². The summed E-state index contributed by atoms with van der Waals surface area (Å²) in [4.78, 5) is 0.0357. The molecule has 2 rings (SSSR count). The zero-order chi connectivity index (χ0) is 13.3. The molecule has 0 aromatic carbocycles. The summed E-state index contributed by atoms with van der Waals surface area (Å²) in [7, 11) is -3.64. The van der Waals surface area contributed by atoms with Gasteiger partial charge in [0.25, 0.3) is 0 Å². The molecule has 1 fully saturated rings. The highest BCUT2D eigenvalue weighted by atomic mass is 35.5. The summed E-state index contributed by atoms with van der Waals surface area (Å²) < 4.78 is 27.5. The number of alkyl halides is 1. The van der Waals surface area contributed by atoms with Crippen LogP contribution >= 0.6 is 46.1 Å². The standard InChI is InChI=1S/C10H12Cl3NO2S2/c11-6-3-1-2-4-7(6)14-18(15,16)8-5-9(12)17-10(8)13/h5-7,14H,1-4H2. The second-order valence-corrected chi connectivity index (χ2v) is 8.75.